The van der Waals surface area contributed by atoms with Gasteiger partial charge in [-0.05, 0) is 121 Å². The zero-order valence-corrected chi connectivity index (χ0v) is 26.3. The van der Waals surface area contributed by atoms with E-state index in [1.54, 1.807) is 0 Å². The van der Waals surface area contributed by atoms with Gasteiger partial charge in [0.2, 0.25) is 11.8 Å². The van der Waals surface area contributed by atoms with Crippen molar-refractivity contribution in [1.29, 1.82) is 0 Å². The van der Waals surface area contributed by atoms with Crippen LogP contribution in [0.15, 0.2) is 30.3 Å². The standard InChI is InChI=1S/C35H53N3O4/c1-35(2,3)42-26-33(39)37-21-15-27(16-22-37)25-41-32-13-11-29(12-14-32)28-7-9-30(10-8-28)34(40)38-23-17-31(18-24-38)36-19-5-4-6-20-36/h7,11-14,27,30-31H,4-6,8-10,15-26H2,1-3H3. The third-order valence-electron chi connectivity index (χ3n) is 9.75. The first-order valence-corrected chi connectivity index (χ1v) is 16.6. The highest BCUT2D eigenvalue weighted by Crippen LogP contribution is 2.33. The molecule has 0 N–H and O–H groups in total. The van der Waals surface area contributed by atoms with Gasteiger partial charge >= 0.3 is 0 Å². The van der Waals surface area contributed by atoms with E-state index in [0.29, 0.717) is 24.5 Å². The monoisotopic (exact) mass is 579 g/mol. The molecule has 42 heavy (non-hydrogen) atoms. The highest BCUT2D eigenvalue weighted by molar-refractivity contribution is 5.81. The number of nitrogens with zero attached hydrogens (tertiary/aromatic N) is 3. The number of likely N-dealkylation sites (tertiary alicyclic amines) is 3. The molecule has 4 aliphatic rings. The molecule has 3 fully saturated rings. The number of carbonyl (C=O) groups excluding carboxylic acids is 2. The lowest BCUT2D eigenvalue weighted by Gasteiger charge is -2.41. The van der Waals surface area contributed by atoms with E-state index in [1.807, 2.05) is 25.7 Å². The predicted molar refractivity (Wildman–Crippen MR) is 167 cm³/mol. The van der Waals surface area contributed by atoms with Gasteiger partial charge in [-0.1, -0.05) is 24.6 Å². The summed E-state index contributed by atoms with van der Waals surface area (Å²) in [5.74, 6) is 1.95. The number of allylic oxidation sites excluding steroid dienone is 2. The third-order valence-corrected chi connectivity index (χ3v) is 9.75. The van der Waals surface area contributed by atoms with Gasteiger partial charge in [0, 0.05) is 38.1 Å². The normalized spacial score (nSPS) is 23.5. The van der Waals surface area contributed by atoms with E-state index >= 15 is 0 Å². The Morgan fingerprint density at radius 2 is 1.50 bits per heavy atom. The molecular formula is C35H53N3O4. The number of rotatable bonds is 8. The summed E-state index contributed by atoms with van der Waals surface area (Å²) in [5.41, 5.74) is 2.29. The molecular weight excluding hydrogens is 526 g/mol. The van der Waals surface area contributed by atoms with Crippen molar-refractivity contribution in [2.45, 2.75) is 96.6 Å². The van der Waals surface area contributed by atoms with Crippen LogP contribution in [-0.2, 0) is 14.3 Å². The Kier molecular flexibility index (Phi) is 10.6. The van der Waals surface area contributed by atoms with E-state index in [2.05, 4.69) is 40.1 Å². The summed E-state index contributed by atoms with van der Waals surface area (Å²) in [4.78, 5) is 32.5. The van der Waals surface area contributed by atoms with Crippen molar-refractivity contribution in [3.05, 3.63) is 35.9 Å². The molecule has 0 radical (unpaired) electrons. The van der Waals surface area contributed by atoms with E-state index in [0.717, 1.165) is 76.9 Å². The van der Waals surface area contributed by atoms with Crippen LogP contribution in [0.1, 0.15) is 90.5 Å². The van der Waals surface area contributed by atoms with E-state index in [1.165, 1.54) is 43.5 Å². The van der Waals surface area contributed by atoms with Crippen LogP contribution in [0.3, 0.4) is 0 Å². The number of ether oxygens (including phenoxy) is 2. The molecule has 3 saturated heterocycles. The first-order chi connectivity index (χ1) is 20.2. The van der Waals surface area contributed by atoms with Gasteiger partial charge < -0.3 is 24.2 Å². The van der Waals surface area contributed by atoms with Crippen molar-refractivity contribution < 1.29 is 19.1 Å². The molecule has 1 atom stereocenters. The number of piperidine rings is 3. The first-order valence-electron chi connectivity index (χ1n) is 16.6. The van der Waals surface area contributed by atoms with E-state index in [4.69, 9.17) is 9.47 Å². The Hall–Kier alpha value is -2.38. The van der Waals surface area contributed by atoms with Gasteiger partial charge in [0.15, 0.2) is 0 Å². The van der Waals surface area contributed by atoms with Crippen LogP contribution in [0.25, 0.3) is 5.57 Å². The molecule has 2 amide bonds. The quantitative estimate of drug-likeness (QED) is 0.391. The van der Waals surface area contributed by atoms with Crippen LogP contribution in [0.4, 0.5) is 0 Å². The van der Waals surface area contributed by atoms with Gasteiger partial charge in [0.05, 0.1) is 12.2 Å². The van der Waals surface area contributed by atoms with Gasteiger partial charge in [-0.25, -0.2) is 0 Å². The number of benzene rings is 1. The van der Waals surface area contributed by atoms with Crippen LogP contribution in [0.5, 0.6) is 5.75 Å². The highest BCUT2D eigenvalue weighted by atomic mass is 16.5. The van der Waals surface area contributed by atoms with Crippen molar-refractivity contribution in [2.24, 2.45) is 11.8 Å². The largest absolute Gasteiger partial charge is 0.493 e. The molecule has 1 unspecified atom stereocenters. The van der Waals surface area contributed by atoms with Gasteiger partial charge in [-0.2, -0.15) is 0 Å². The molecule has 0 aromatic heterocycles. The molecule has 5 rings (SSSR count). The fourth-order valence-electron chi connectivity index (χ4n) is 7.01. The van der Waals surface area contributed by atoms with Crippen molar-refractivity contribution in [3.63, 3.8) is 0 Å². The summed E-state index contributed by atoms with van der Waals surface area (Å²) in [6.07, 6.45) is 13.3. The lowest BCUT2D eigenvalue weighted by atomic mass is 9.85. The summed E-state index contributed by atoms with van der Waals surface area (Å²) in [6.45, 7) is 12.7. The van der Waals surface area contributed by atoms with Crippen LogP contribution < -0.4 is 4.74 Å². The highest BCUT2D eigenvalue weighted by Gasteiger charge is 2.31. The molecule has 1 aliphatic carbocycles. The van der Waals surface area contributed by atoms with Gasteiger partial charge in [0.1, 0.15) is 12.4 Å². The maximum absolute atomic E-state index is 13.3. The molecule has 7 nitrogen and oxygen atoms in total. The number of hydrogen-bond acceptors (Lipinski definition) is 5. The fraction of sp³-hybridized carbons (Fsp3) is 0.714. The van der Waals surface area contributed by atoms with E-state index < -0.39 is 0 Å². The maximum atomic E-state index is 13.3. The van der Waals surface area contributed by atoms with Gasteiger partial charge in [0.25, 0.3) is 0 Å². The van der Waals surface area contributed by atoms with E-state index in [-0.39, 0.29) is 24.0 Å². The number of carbonyl (C=O) groups is 2. The second-order valence-electron chi connectivity index (χ2n) is 13.9. The van der Waals surface area contributed by atoms with E-state index in [9.17, 15) is 9.59 Å². The number of hydrogen-bond donors (Lipinski definition) is 0. The van der Waals surface area contributed by atoms with Crippen LogP contribution in [0, 0.1) is 11.8 Å². The Labute approximate surface area is 253 Å². The average molecular weight is 580 g/mol. The molecule has 3 aliphatic heterocycles. The summed E-state index contributed by atoms with van der Waals surface area (Å²) in [5, 5.41) is 0. The van der Waals surface area contributed by atoms with Crippen molar-refractivity contribution in [1.82, 2.24) is 14.7 Å². The van der Waals surface area contributed by atoms with Crippen molar-refractivity contribution in [2.75, 3.05) is 52.5 Å². The Morgan fingerprint density at radius 3 is 2.12 bits per heavy atom. The zero-order valence-electron chi connectivity index (χ0n) is 26.3. The maximum Gasteiger partial charge on any atom is 0.248 e. The number of amides is 2. The first kappa shape index (κ1) is 31.1. The molecule has 0 bridgehead atoms. The second-order valence-corrected chi connectivity index (χ2v) is 13.9. The Balaban J connectivity index is 1.01. The van der Waals surface area contributed by atoms with Crippen molar-refractivity contribution in [3.8, 4) is 5.75 Å². The molecule has 232 valence electrons. The van der Waals surface area contributed by atoms with Crippen LogP contribution in [-0.4, -0.2) is 90.6 Å². The van der Waals surface area contributed by atoms with Crippen LogP contribution >= 0.6 is 0 Å². The third kappa shape index (κ3) is 8.59. The van der Waals surface area contributed by atoms with Gasteiger partial charge in [-0.15, -0.1) is 0 Å². The Bertz CT molecular complexity index is 1060. The summed E-state index contributed by atoms with van der Waals surface area (Å²) in [6, 6.07) is 9.14. The molecule has 3 heterocycles. The smallest absolute Gasteiger partial charge is 0.248 e. The molecule has 1 aromatic carbocycles. The lowest BCUT2D eigenvalue weighted by Crippen LogP contribution is -2.49. The second kappa shape index (κ2) is 14.4. The molecule has 1 aromatic rings. The molecule has 0 spiro atoms. The minimum absolute atomic E-state index is 0.0838. The van der Waals surface area contributed by atoms with Crippen LogP contribution in [0.2, 0.25) is 0 Å². The average Bonchev–Trinajstić information content (AvgIpc) is 3.03. The minimum Gasteiger partial charge on any atom is -0.493 e. The minimum atomic E-state index is -0.295. The Morgan fingerprint density at radius 1 is 0.833 bits per heavy atom. The zero-order chi connectivity index (χ0) is 29.5. The lowest BCUT2D eigenvalue weighted by molar-refractivity contribution is -0.142. The fourth-order valence-corrected chi connectivity index (χ4v) is 7.01. The predicted octanol–water partition coefficient (Wildman–Crippen LogP) is 5.78. The SMILES string of the molecule is CC(C)(C)OCC(=O)N1CCC(COc2ccc(C3=CCC(C(=O)N4CCC(N5CCCCC5)CC4)CC3)cc2)CC1. The molecule has 0 saturated carbocycles. The van der Waals surface area contributed by atoms with Gasteiger partial charge in [-0.3, -0.25) is 9.59 Å². The summed E-state index contributed by atoms with van der Waals surface area (Å²) >= 11 is 0. The molecule has 7 heteroatoms. The van der Waals surface area contributed by atoms with Crippen molar-refractivity contribution >= 4 is 17.4 Å². The summed E-state index contributed by atoms with van der Waals surface area (Å²) in [7, 11) is 0. The summed E-state index contributed by atoms with van der Waals surface area (Å²) < 4.78 is 11.8. The topological polar surface area (TPSA) is 62.3 Å².